The molecule has 114 valence electrons. The van der Waals surface area contributed by atoms with Crippen molar-refractivity contribution in [1.29, 1.82) is 0 Å². The van der Waals surface area contributed by atoms with Crippen molar-refractivity contribution < 1.29 is 28.2 Å². The van der Waals surface area contributed by atoms with Crippen LogP contribution in [0.2, 0.25) is 0 Å². The highest BCUT2D eigenvalue weighted by molar-refractivity contribution is 5.84. The second-order valence-electron chi connectivity index (χ2n) is 4.84. The van der Waals surface area contributed by atoms with Gasteiger partial charge in [0.25, 0.3) is 0 Å². The molecule has 2 atom stereocenters. The summed E-state index contributed by atoms with van der Waals surface area (Å²) >= 11 is 0. The Bertz CT molecular complexity index is 544. The van der Waals surface area contributed by atoms with Crippen LogP contribution in [0.4, 0.5) is 8.78 Å². The van der Waals surface area contributed by atoms with Crippen LogP contribution in [-0.2, 0) is 14.3 Å². The fourth-order valence-electron chi connectivity index (χ4n) is 2.32. The second kappa shape index (κ2) is 6.17. The van der Waals surface area contributed by atoms with Crippen molar-refractivity contribution in [2.75, 3.05) is 19.7 Å². The van der Waals surface area contributed by atoms with Crippen molar-refractivity contribution in [3.05, 3.63) is 35.4 Å². The van der Waals surface area contributed by atoms with Crippen LogP contribution < -0.4 is 0 Å². The molecular formula is C14H15F2NO4. The summed E-state index contributed by atoms with van der Waals surface area (Å²) in [5.74, 6) is -4.30. The normalized spacial score (nSPS) is 20.1. The zero-order valence-electron chi connectivity index (χ0n) is 11.4. The Morgan fingerprint density at radius 1 is 1.38 bits per heavy atom. The molecule has 0 saturated carbocycles. The molecule has 21 heavy (non-hydrogen) atoms. The van der Waals surface area contributed by atoms with Crippen molar-refractivity contribution in [2.24, 2.45) is 0 Å². The van der Waals surface area contributed by atoms with E-state index < -0.39 is 35.5 Å². The number of rotatable bonds is 3. The van der Waals surface area contributed by atoms with E-state index in [2.05, 4.69) is 0 Å². The zero-order chi connectivity index (χ0) is 15.6. The first-order valence-corrected chi connectivity index (χ1v) is 6.49. The number of hydrogen-bond donors (Lipinski definition) is 1. The Balaban J connectivity index is 2.17. The van der Waals surface area contributed by atoms with Crippen LogP contribution in [0.25, 0.3) is 0 Å². The summed E-state index contributed by atoms with van der Waals surface area (Å²) in [6.07, 6.45) is -1.11. The van der Waals surface area contributed by atoms with E-state index in [1.165, 1.54) is 17.9 Å². The summed E-state index contributed by atoms with van der Waals surface area (Å²) in [6, 6.07) is 3.39. The number of carbonyl (C=O) groups excluding carboxylic acids is 1. The zero-order valence-corrected chi connectivity index (χ0v) is 11.4. The molecule has 5 nitrogen and oxygen atoms in total. The van der Waals surface area contributed by atoms with E-state index in [-0.39, 0.29) is 25.3 Å². The minimum Gasteiger partial charge on any atom is -0.479 e. The molecule has 7 heteroatoms. The Labute approximate surface area is 120 Å². The van der Waals surface area contributed by atoms with Crippen LogP contribution in [0.5, 0.6) is 0 Å². The number of amides is 1. The van der Waals surface area contributed by atoms with Gasteiger partial charge in [0.2, 0.25) is 5.91 Å². The van der Waals surface area contributed by atoms with Crippen LogP contribution in [0, 0.1) is 11.6 Å². The van der Waals surface area contributed by atoms with Gasteiger partial charge in [-0.2, -0.15) is 0 Å². The number of ether oxygens (including phenoxy) is 1. The number of nitrogens with zero attached hydrogens (tertiary/aromatic N) is 1. The van der Waals surface area contributed by atoms with Crippen molar-refractivity contribution in [1.82, 2.24) is 4.90 Å². The van der Waals surface area contributed by atoms with E-state index in [9.17, 15) is 18.4 Å². The Hall–Kier alpha value is -2.02. The molecular weight excluding hydrogens is 284 g/mol. The monoisotopic (exact) mass is 299 g/mol. The van der Waals surface area contributed by atoms with E-state index in [0.717, 1.165) is 12.1 Å². The predicted molar refractivity (Wildman–Crippen MR) is 68.7 cm³/mol. The Morgan fingerprint density at radius 3 is 2.57 bits per heavy atom. The summed E-state index contributed by atoms with van der Waals surface area (Å²) in [5.41, 5.74) is -0.305. The molecule has 1 aliphatic rings. The first kappa shape index (κ1) is 15.4. The third-order valence-corrected chi connectivity index (χ3v) is 3.46. The van der Waals surface area contributed by atoms with Gasteiger partial charge in [0.1, 0.15) is 11.6 Å². The summed E-state index contributed by atoms with van der Waals surface area (Å²) < 4.78 is 32.4. The lowest BCUT2D eigenvalue weighted by Gasteiger charge is -2.32. The van der Waals surface area contributed by atoms with E-state index in [1.807, 2.05) is 0 Å². The summed E-state index contributed by atoms with van der Waals surface area (Å²) in [7, 11) is 0. The summed E-state index contributed by atoms with van der Waals surface area (Å²) in [4.78, 5) is 24.5. The molecule has 0 spiro atoms. The SMILES string of the molecule is CC(C(=O)N1CCOC(C(=O)O)C1)c1c(F)cccc1F. The van der Waals surface area contributed by atoms with Gasteiger partial charge in [-0.25, -0.2) is 13.6 Å². The molecule has 1 aromatic rings. The van der Waals surface area contributed by atoms with Crippen LogP contribution in [0.15, 0.2) is 18.2 Å². The van der Waals surface area contributed by atoms with Crippen LogP contribution in [-0.4, -0.2) is 47.7 Å². The maximum Gasteiger partial charge on any atom is 0.334 e. The van der Waals surface area contributed by atoms with Crippen LogP contribution in [0.1, 0.15) is 18.4 Å². The second-order valence-corrected chi connectivity index (χ2v) is 4.84. The van der Waals surface area contributed by atoms with Crippen molar-refractivity contribution >= 4 is 11.9 Å². The Kier molecular flexibility index (Phi) is 4.52. The molecule has 0 aromatic heterocycles. The number of aliphatic carboxylic acids is 1. The molecule has 1 saturated heterocycles. The quantitative estimate of drug-likeness (QED) is 0.915. The first-order chi connectivity index (χ1) is 9.91. The molecule has 0 radical (unpaired) electrons. The molecule has 2 rings (SSSR count). The molecule has 1 aliphatic heterocycles. The highest BCUT2D eigenvalue weighted by atomic mass is 19.1. The average molecular weight is 299 g/mol. The van der Waals surface area contributed by atoms with E-state index in [1.54, 1.807) is 0 Å². The highest BCUT2D eigenvalue weighted by Gasteiger charge is 2.33. The van der Waals surface area contributed by atoms with E-state index in [0.29, 0.717) is 0 Å². The average Bonchev–Trinajstić information content (AvgIpc) is 2.46. The predicted octanol–water partition coefficient (Wildman–Crippen LogP) is 1.38. The van der Waals surface area contributed by atoms with E-state index >= 15 is 0 Å². The smallest absolute Gasteiger partial charge is 0.334 e. The van der Waals surface area contributed by atoms with Crippen molar-refractivity contribution in [2.45, 2.75) is 18.9 Å². The van der Waals surface area contributed by atoms with Gasteiger partial charge in [0.15, 0.2) is 6.10 Å². The lowest BCUT2D eigenvalue weighted by molar-refractivity contribution is -0.159. The molecule has 0 aliphatic carbocycles. The lowest BCUT2D eigenvalue weighted by atomic mass is 9.98. The molecule has 0 bridgehead atoms. The van der Waals surface area contributed by atoms with Gasteiger partial charge in [-0.3, -0.25) is 4.79 Å². The molecule has 2 unspecified atom stereocenters. The fraction of sp³-hybridized carbons (Fsp3) is 0.429. The number of benzene rings is 1. The van der Waals surface area contributed by atoms with Gasteiger partial charge in [0.05, 0.1) is 19.1 Å². The topological polar surface area (TPSA) is 66.8 Å². The summed E-state index contributed by atoms with van der Waals surface area (Å²) in [6.45, 7) is 1.54. The third-order valence-electron chi connectivity index (χ3n) is 3.46. The number of halogens is 2. The fourth-order valence-corrected chi connectivity index (χ4v) is 2.32. The molecule has 1 aromatic carbocycles. The number of morpholine rings is 1. The minimum atomic E-state index is -1.17. The summed E-state index contributed by atoms with van der Waals surface area (Å²) in [5, 5.41) is 8.90. The van der Waals surface area contributed by atoms with E-state index in [4.69, 9.17) is 9.84 Å². The molecule has 1 heterocycles. The number of hydrogen-bond acceptors (Lipinski definition) is 3. The van der Waals surface area contributed by atoms with Gasteiger partial charge in [0, 0.05) is 12.1 Å². The van der Waals surface area contributed by atoms with Gasteiger partial charge >= 0.3 is 5.97 Å². The number of carbonyl (C=O) groups is 2. The van der Waals surface area contributed by atoms with Crippen LogP contribution >= 0.6 is 0 Å². The standard InChI is InChI=1S/C14H15F2NO4/c1-8(12-9(15)3-2-4-10(12)16)13(18)17-5-6-21-11(7-17)14(19)20/h2-4,8,11H,5-7H2,1H3,(H,19,20). The number of carboxylic acid groups (broad SMARTS) is 1. The lowest BCUT2D eigenvalue weighted by Crippen LogP contribution is -2.49. The van der Waals surface area contributed by atoms with Gasteiger partial charge in [-0.1, -0.05) is 6.07 Å². The molecule has 1 amide bonds. The molecule has 1 N–H and O–H groups in total. The van der Waals surface area contributed by atoms with Gasteiger partial charge in [-0.05, 0) is 19.1 Å². The third kappa shape index (κ3) is 3.18. The van der Waals surface area contributed by atoms with Crippen LogP contribution in [0.3, 0.4) is 0 Å². The van der Waals surface area contributed by atoms with Gasteiger partial charge in [-0.15, -0.1) is 0 Å². The largest absolute Gasteiger partial charge is 0.479 e. The highest BCUT2D eigenvalue weighted by Crippen LogP contribution is 2.25. The maximum absolute atomic E-state index is 13.7. The van der Waals surface area contributed by atoms with Crippen molar-refractivity contribution in [3.63, 3.8) is 0 Å². The number of carboxylic acids is 1. The minimum absolute atomic E-state index is 0.0786. The molecule has 1 fully saturated rings. The maximum atomic E-state index is 13.7. The van der Waals surface area contributed by atoms with Gasteiger partial charge < -0.3 is 14.7 Å². The van der Waals surface area contributed by atoms with Crippen molar-refractivity contribution in [3.8, 4) is 0 Å². The Morgan fingerprint density at radius 2 is 2.00 bits per heavy atom. The first-order valence-electron chi connectivity index (χ1n) is 6.49.